The van der Waals surface area contributed by atoms with Crippen LogP contribution in [0.1, 0.15) is 11.7 Å². The van der Waals surface area contributed by atoms with Crippen molar-refractivity contribution in [1.29, 1.82) is 0 Å². The Balaban J connectivity index is 2.02. The van der Waals surface area contributed by atoms with Gasteiger partial charge in [0.1, 0.15) is 6.10 Å². The van der Waals surface area contributed by atoms with Crippen LogP contribution in [0.4, 0.5) is 16.2 Å². The molecule has 0 aliphatic carbocycles. The molecule has 25 heavy (non-hydrogen) atoms. The third-order valence-electron chi connectivity index (χ3n) is 3.42. The van der Waals surface area contributed by atoms with Crippen molar-refractivity contribution < 1.29 is 19.9 Å². The molecule has 0 bridgehead atoms. The second-order valence-corrected chi connectivity index (χ2v) is 5.63. The summed E-state index contributed by atoms with van der Waals surface area (Å²) < 4.78 is 0. The number of amides is 2. The average Bonchev–Trinajstić information content (AvgIpc) is 2.59. The molecule has 2 aromatic carbocycles. The molecule has 2 aromatic rings. The minimum absolute atomic E-state index is 0.122. The lowest BCUT2D eigenvalue weighted by Gasteiger charge is -2.22. The number of urea groups is 1. The number of halogens is 1. The Labute approximate surface area is 148 Å². The van der Waals surface area contributed by atoms with Crippen molar-refractivity contribution in [1.82, 2.24) is 5.32 Å². The van der Waals surface area contributed by atoms with Crippen LogP contribution in [0.3, 0.4) is 0 Å². The molecule has 8 nitrogen and oxygen atoms in total. The quantitative estimate of drug-likeness (QED) is 0.462. The lowest BCUT2D eigenvalue weighted by Crippen LogP contribution is -2.44. The molecule has 0 saturated carbocycles. The van der Waals surface area contributed by atoms with Crippen LogP contribution in [0.2, 0.25) is 5.02 Å². The number of carbonyl (C=O) groups excluding carboxylic acids is 1. The maximum Gasteiger partial charge on any atom is 0.319 e. The first-order valence-electron chi connectivity index (χ1n) is 7.27. The van der Waals surface area contributed by atoms with Gasteiger partial charge in [-0.25, -0.2) is 4.79 Å². The van der Waals surface area contributed by atoms with Crippen LogP contribution in [0.15, 0.2) is 48.5 Å². The number of nitro benzene ring substituents is 1. The number of anilines is 1. The van der Waals surface area contributed by atoms with Gasteiger partial charge in [0.25, 0.3) is 5.69 Å². The van der Waals surface area contributed by atoms with Gasteiger partial charge in [-0.1, -0.05) is 17.7 Å². The summed E-state index contributed by atoms with van der Waals surface area (Å²) in [7, 11) is 0. The Kier molecular flexibility index (Phi) is 6.29. The Morgan fingerprint density at radius 2 is 1.92 bits per heavy atom. The normalized spacial score (nSPS) is 12.9. The minimum Gasteiger partial charge on any atom is -0.394 e. The first-order chi connectivity index (χ1) is 11.9. The number of nitro groups is 1. The third kappa shape index (κ3) is 5.15. The van der Waals surface area contributed by atoms with Crippen LogP contribution >= 0.6 is 11.6 Å². The molecule has 9 heteroatoms. The molecule has 4 N–H and O–H groups in total. The van der Waals surface area contributed by atoms with Gasteiger partial charge < -0.3 is 20.8 Å². The fraction of sp³-hybridized carbons (Fsp3) is 0.188. The molecular weight excluding hydrogens is 350 g/mol. The molecule has 2 rings (SSSR count). The third-order valence-corrected chi connectivity index (χ3v) is 3.66. The van der Waals surface area contributed by atoms with Gasteiger partial charge in [-0.05, 0) is 35.9 Å². The van der Waals surface area contributed by atoms with Gasteiger partial charge in [-0.3, -0.25) is 10.1 Å². The van der Waals surface area contributed by atoms with E-state index in [1.165, 1.54) is 24.3 Å². The van der Waals surface area contributed by atoms with E-state index in [0.717, 1.165) is 0 Å². The molecule has 2 atom stereocenters. The summed E-state index contributed by atoms with van der Waals surface area (Å²) in [6.45, 7) is -0.527. The number of rotatable bonds is 6. The zero-order valence-corrected chi connectivity index (χ0v) is 13.7. The number of benzene rings is 2. The van der Waals surface area contributed by atoms with E-state index in [1.54, 1.807) is 24.3 Å². The summed E-state index contributed by atoms with van der Waals surface area (Å²) in [5, 5.41) is 35.8. The van der Waals surface area contributed by atoms with Crippen molar-refractivity contribution >= 4 is 29.0 Å². The molecule has 0 aliphatic rings. The van der Waals surface area contributed by atoms with Gasteiger partial charge in [0.05, 0.1) is 17.6 Å². The Bertz CT molecular complexity index is 754. The smallest absolute Gasteiger partial charge is 0.319 e. The zero-order chi connectivity index (χ0) is 18.4. The van der Waals surface area contributed by atoms with Crippen molar-refractivity contribution in [2.45, 2.75) is 12.1 Å². The summed E-state index contributed by atoms with van der Waals surface area (Å²) in [4.78, 5) is 22.1. The van der Waals surface area contributed by atoms with E-state index in [-0.39, 0.29) is 5.69 Å². The standard InChI is InChI=1S/C16H16ClN3O5/c17-11-2-1-3-12(8-11)18-16(23)19-14(9-21)15(22)10-4-6-13(7-5-10)20(24)25/h1-8,14-15,21-22H,9H2,(H2,18,19,23). The van der Waals surface area contributed by atoms with Gasteiger partial charge in [-0.15, -0.1) is 0 Å². The largest absolute Gasteiger partial charge is 0.394 e. The Hall–Kier alpha value is -2.68. The topological polar surface area (TPSA) is 125 Å². The maximum absolute atomic E-state index is 12.0. The average molecular weight is 366 g/mol. The predicted octanol–water partition coefficient (Wildman–Crippen LogP) is 2.46. The number of hydrogen-bond donors (Lipinski definition) is 4. The number of non-ortho nitro benzene ring substituents is 1. The van der Waals surface area contributed by atoms with Crippen molar-refractivity contribution in [3.05, 3.63) is 69.2 Å². The molecule has 0 saturated heterocycles. The van der Waals surface area contributed by atoms with E-state index in [0.29, 0.717) is 16.3 Å². The van der Waals surface area contributed by atoms with Crippen molar-refractivity contribution in [2.24, 2.45) is 0 Å². The molecular formula is C16H16ClN3O5. The fourth-order valence-electron chi connectivity index (χ4n) is 2.15. The summed E-state index contributed by atoms with van der Waals surface area (Å²) in [5.41, 5.74) is 0.655. The Morgan fingerprint density at radius 1 is 1.24 bits per heavy atom. The van der Waals surface area contributed by atoms with Crippen LogP contribution in [-0.2, 0) is 0 Å². The van der Waals surface area contributed by atoms with Crippen molar-refractivity contribution in [3.63, 3.8) is 0 Å². The number of nitrogens with one attached hydrogen (secondary N) is 2. The van der Waals surface area contributed by atoms with Gasteiger partial charge in [0, 0.05) is 22.8 Å². The minimum atomic E-state index is -1.24. The highest BCUT2D eigenvalue weighted by molar-refractivity contribution is 6.30. The highest BCUT2D eigenvalue weighted by Gasteiger charge is 2.23. The van der Waals surface area contributed by atoms with Crippen LogP contribution in [0, 0.1) is 10.1 Å². The van der Waals surface area contributed by atoms with Crippen LogP contribution in [-0.4, -0.2) is 33.8 Å². The van der Waals surface area contributed by atoms with E-state index >= 15 is 0 Å². The predicted molar refractivity (Wildman–Crippen MR) is 92.5 cm³/mol. The molecule has 2 unspecified atom stereocenters. The summed E-state index contributed by atoms with van der Waals surface area (Å²) in [6.07, 6.45) is -1.24. The lowest BCUT2D eigenvalue weighted by molar-refractivity contribution is -0.384. The van der Waals surface area contributed by atoms with E-state index < -0.39 is 29.7 Å². The molecule has 132 valence electrons. The van der Waals surface area contributed by atoms with Crippen LogP contribution in [0.25, 0.3) is 0 Å². The van der Waals surface area contributed by atoms with E-state index in [9.17, 15) is 25.1 Å². The van der Waals surface area contributed by atoms with E-state index in [4.69, 9.17) is 11.6 Å². The molecule has 0 aromatic heterocycles. The maximum atomic E-state index is 12.0. The monoisotopic (exact) mass is 365 g/mol. The second kappa shape index (κ2) is 8.43. The first kappa shape index (κ1) is 18.7. The molecule has 0 heterocycles. The number of hydrogen-bond acceptors (Lipinski definition) is 5. The zero-order valence-electron chi connectivity index (χ0n) is 12.9. The SMILES string of the molecule is O=C(Nc1cccc(Cl)c1)NC(CO)C(O)c1ccc([N+](=O)[O-])cc1. The van der Waals surface area contributed by atoms with Gasteiger partial charge >= 0.3 is 6.03 Å². The number of nitrogens with zero attached hydrogens (tertiary/aromatic N) is 1. The van der Waals surface area contributed by atoms with Crippen molar-refractivity contribution in [2.75, 3.05) is 11.9 Å². The van der Waals surface area contributed by atoms with Crippen LogP contribution in [0.5, 0.6) is 0 Å². The highest BCUT2D eigenvalue weighted by atomic mass is 35.5. The van der Waals surface area contributed by atoms with Crippen LogP contribution < -0.4 is 10.6 Å². The lowest BCUT2D eigenvalue weighted by atomic mass is 10.0. The fourth-order valence-corrected chi connectivity index (χ4v) is 2.34. The molecule has 0 aliphatic heterocycles. The van der Waals surface area contributed by atoms with Gasteiger partial charge in [0.2, 0.25) is 0 Å². The molecule has 0 spiro atoms. The first-order valence-corrected chi connectivity index (χ1v) is 7.65. The summed E-state index contributed by atoms with van der Waals surface area (Å²) in [6, 6.07) is 10.0. The number of aliphatic hydroxyl groups excluding tert-OH is 2. The molecule has 0 fully saturated rings. The van der Waals surface area contributed by atoms with Crippen molar-refractivity contribution in [3.8, 4) is 0 Å². The van der Waals surface area contributed by atoms with Gasteiger partial charge in [0.15, 0.2) is 0 Å². The summed E-state index contributed by atoms with van der Waals surface area (Å²) in [5.74, 6) is 0. The molecule has 0 radical (unpaired) electrons. The Morgan fingerprint density at radius 3 is 2.48 bits per heavy atom. The number of carbonyl (C=O) groups is 1. The highest BCUT2D eigenvalue weighted by Crippen LogP contribution is 2.21. The van der Waals surface area contributed by atoms with Gasteiger partial charge in [-0.2, -0.15) is 0 Å². The second-order valence-electron chi connectivity index (χ2n) is 5.19. The molecule has 2 amide bonds. The number of aliphatic hydroxyl groups is 2. The summed E-state index contributed by atoms with van der Waals surface area (Å²) >= 11 is 5.83. The van der Waals surface area contributed by atoms with E-state index in [2.05, 4.69) is 10.6 Å². The van der Waals surface area contributed by atoms with E-state index in [1.807, 2.05) is 0 Å².